The van der Waals surface area contributed by atoms with Gasteiger partial charge in [-0.05, 0) is 38.7 Å². The van der Waals surface area contributed by atoms with E-state index in [1.165, 1.54) is 0 Å². The molecule has 0 aliphatic rings. The molecular formula is C12H17NO3. The van der Waals surface area contributed by atoms with E-state index in [0.29, 0.717) is 6.61 Å². The van der Waals surface area contributed by atoms with E-state index in [-0.39, 0.29) is 0 Å². The van der Waals surface area contributed by atoms with E-state index in [0.717, 1.165) is 11.3 Å². The summed E-state index contributed by atoms with van der Waals surface area (Å²) in [6.07, 6.45) is 0. The lowest BCUT2D eigenvalue weighted by atomic mass is 10.1. The van der Waals surface area contributed by atoms with Crippen LogP contribution in [-0.4, -0.2) is 36.7 Å². The topological polar surface area (TPSA) is 49.8 Å². The molecular weight excluding hydrogens is 206 g/mol. The van der Waals surface area contributed by atoms with E-state index in [4.69, 9.17) is 9.84 Å². The molecule has 0 fully saturated rings. The molecule has 88 valence electrons. The third-order valence-corrected chi connectivity index (χ3v) is 2.26. The van der Waals surface area contributed by atoms with Crippen molar-refractivity contribution >= 4 is 5.97 Å². The summed E-state index contributed by atoms with van der Waals surface area (Å²) in [6, 6.07) is 6.53. The van der Waals surface area contributed by atoms with Crippen molar-refractivity contribution in [3.63, 3.8) is 0 Å². The number of aliphatic carboxylic acids is 1. The van der Waals surface area contributed by atoms with Crippen LogP contribution in [0.5, 0.6) is 5.75 Å². The van der Waals surface area contributed by atoms with Crippen LogP contribution in [0.15, 0.2) is 24.3 Å². The molecule has 1 atom stereocenters. The van der Waals surface area contributed by atoms with Gasteiger partial charge in [0.2, 0.25) is 0 Å². The number of carbonyl (C=O) groups is 1. The Morgan fingerprint density at radius 2 is 1.94 bits per heavy atom. The minimum absolute atomic E-state index is 0.607. The van der Waals surface area contributed by atoms with Crippen LogP contribution >= 0.6 is 0 Å². The Bertz CT molecular complexity index is 346. The first-order valence-corrected chi connectivity index (χ1v) is 5.18. The van der Waals surface area contributed by atoms with Crippen LogP contribution in [0.1, 0.15) is 18.5 Å². The molecule has 16 heavy (non-hydrogen) atoms. The molecule has 0 saturated heterocycles. The Labute approximate surface area is 95.5 Å². The lowest BCUT2D eigenvalue weighted by Crippen LogP contribution is -2.27. The molecule has 0 aliphatic heterocycles. The molecule has 0 bridgehead atoms. The normalized spacial score (nSPS) is 12.5. The summed E-state index contributed by atoms with van der Waals surface area (Å²) in [7, 11) is 3.49. The van der Waals surface area contributed by atoms with Crippen molar-refractivity contribution in [2.24, 2.45) is 0 Å². The Morgan fingerprint density at radius 1 is 1.38 bits per heavy atom. The predicted molar refractivity (Wildman–Crippen MR) is 61.7 cm³/mol. The fourth-order valence-electron chi connectivity index (χ4n) is 1.57. The molecule has 0 heterocycles. The number of nitrogens with zero attached hydrogens (tertiary/aromatic N) is 1. The van der Waals surface area contributed by atoms with Crippen LogP contribution in [0, 0.1) is 0 Å². The number of ether oxygens (including phenoxy) is 1. The van der Waals surface area contributed by atoms with E-state index >= 15 is 0 Å². The van der Waals surface area contributed by atoms with Gasteiger partial charge >= 0.3 is 5.97 Å². The minimum Gasteiger partial charge on any atom is -0.494 e. The highest BCUT2D eigenvalue weighted by molar-refractivity contribution is 5.75. The van der Waals surface area contributed by atoms with Gasteiger partial charge < -0.3 is 9.84 Å². The van der Waals surface area contributed by atoms with Crippen molar-refractivity contribution in [3.8, 4) is 5.75 Å². The largest absolute Gasteiger partial charge is 0.494 e. The van der Waals surface area contributed by atoms with Gasteiger partial charge in [-0.3, -0.25) is 9.69 Å². The van der Waals surface area contributed by atoms with Gasteiger partial charge in [-0.2, -0.15) is 0 Å². The van der Waals surface area contributed by atoms with Gasteiger partial charge in [0.1, 0.15) is 11.8 Å². The van der Waals surface area contributed by atoms with Gasteiger partial charge in [0.25, 0.3) is 0 Å². The van der Waals surface area contributed by atoms with Crippen LogP contribution in [0.25, 0.3) is 0 Å². The predicted octanol–water partition coefficient (Wildman–Crippen LogP) is 1.77. The zero-order valence-electron chi connectivity index (χ0n) is 9.80. The summed E-state index contributed by atoms with van der Waals surface area (Å²) in [5.74, 6) is -0.0942. The molecule has 1 rings (SSSR count). The van der Waals surface area contributed by atoms with Crippen molar-refractivity contribution in [2.45, 2.75) is 13.0 Å². The SMILES string of the molecule is CCOc1ccc([C@H](C(=O)O)N(C)C)cc1. The molecule has 1 aromatic rings. The van der Waals surface area contributed by atoms with Crippen LogP contribution in [0.3, 0.4) is 0 Å². The van der Waals surface area contributed by atoms with Gasteiger partial charge in [0, 0.05) is 0 Å². The first kappa shape index (κ1) is 12.5. The van der Waals surface area contributed by atoms with E-state index in [2.05, 4.69) is 0 Å². The van der Waals surface area contributed by atoms with Crippen molar-refractivity contribution < 1.29 is 14.6 Å². The average Bonchev–Trinajstić information content (AvgIpc) is 2.20. The molecule has 0 unspecified atom stereocenters. The quantitative estimate of drug-likeness (QED) is 0.826. The van der Waals surface area contributed by atoms with Crippen molar-refractivity contribution in [2.75, 3.05) is 20.7 Å². The Hall–Kier alpha value is -1.55. The van der Waals surface area contributed by atoms with E-state index in [1.54, 1.807) is 43.3 Å². The molecule has 4 heteroatoms. The number of hydrogen-bond donors (Lipinski definition) is 1. The molecule has 0 saturated carbocycles. The minimum atomic E-state index is -0.853. The maximum atomic E-state index is 11.1. The van der Waals surface area contributed by atoms with E-state index in [1.807, 2.05) is 6.92 Å². The number of hydrogen-bond acceptors (Lipinski definition) is 3. The van der Waals surface area contributed by atoms with Crippen molar-refractivity contribution in [1.29, 1.82) is 0 Å². The maximum Gasteiger partial charge on any atom is 0.325 e. The highest BCUT2D eigenvalue weighted by Crippen LogP contribution is 2.21. The Morgan fingerprint density at radius 3 is 2.31 bits per heavy atom. The second-order valence-electron chi connectivity index (χ2n) is 3.71. The maximum absolute atomic E-state index is 11.1. The molecule has 0 radical (unpaired) electrons. The Kier molecular flexibility index (Phi) is 4.31. The highest BCUT2D eigenvalue weighted by atomic mass is 16.5. The van der Waals surface area contributed by atoms with Crippen molar-refractivity contribution in [1.82, 2.24) is 4.90 Å². The number of carboxylic acid groups (broad SMARTS) is 1. The molecule has 1 N–H and O–H groups in total. The van der Waals surface area contributed by atoms with Crippen LogP contribution < -0.4 is 4.74 Å². The van der Waals surface area contributed by atoms with E-state index < -0.39 is 12.0 Å². The summed E-state index contributed by atoms with van der Waals surface area (Å²) in [5.41, 5.74) is 0.751. The summed E-state index contributed by atoms with van der Waals surface area (Å²) in [5, 5.41) is 9.10. The number of benzene rings is 1. The second-order valence-corrected chi connectivity index (χ2v) is 3.71. The molecule has 0 spiro atoms. The number of rotatable bonds is 5. The van der Waals surface area contributed by atoms with Gasteiger partial charge in [0.15, 0.2) is 0 Å². The Balaban J connectivity index is 2.90. The van der Waals surface area contributed by atoms with Gasteiger partial charge in [-0.1, -0.05) is 12.1 Å². The molecule has 0 amide bonds. The first-order chi connectivity index (χ1) is 7.56. The van der Waals surface area contributed by atoms with Crippen LogP contribution in [0.4, 0.5) is 0 Å². The average molecular weight is 223 g/mol. The van der Waals surface area contributed by atoms with Gasteiger partial charge in [-0.25, -0.2) is 0 Å². The third-order valence-electron chi connectivity index (χ3n) is 2.26. The standard InChI is InChI=1S/C12H17NO3/c1-4-16-10-7-5-9(6-8-10)11(12(14)15)13(2)3/h5-8,11H,4H2,1-3H3,(H,14,15)/t11-/m1/s1. The molecule has 4 nitrogen and oxygen atoms in total. The van der Waals surface area contributed by atoms with Crippen LogP contribution in [-0.2, 0) is 4.79 Å². The number of carboxylic acids is 1. The van der Waals surface area contributed by atoms with Crippen molar-refractivity contribution in [3.05, 3.63) is 29.8 Å². The highest BCUT2D eigenvalue weighted by Gasteiger charge is 2.21. The summed E-state index contributed by atoms with van der Waals surface area (Å²) in [4.78, 5) is 12.7. The fraction of sp³-hybridized carbons (Fsp3) is 0.417. The first-order valence-electron chi connectivity index (χ1n) is 5.18. The lowest BCUT2D eigenvalue weighted by Gasteiger charge is -2.20. The van der Waals surface area contributed by atoms with Gasteiger partial charge in [-0.15, -0.1) is 0 Å². The monoisotopic (exact) mass is 223 g/mol. The van der Waals surface area contributed by atoms with E-state index in [9.17, 15) is 4.79 Å². The summed E-state index contributed by atoms with van der Waals surface area (Å²) in [6.45, 7) is 2.52. The molecule has 0 aromatic heterocycles. The third kappa shape index (κ3) is 2.97. The number of likely N-dealkylation sites (N-methyl/N-ethyl adjacent to an activating group) is 1. The lowest BCUT2D eigenvalue weighted by molar-refractivity contribution is -0.142. The zero-order valence-corrected chi connectivity index (χ0v) is 9.80. The summed E-state index contributed by atoms with van der Waals surface area (Å²) >= 11 is 0. The molecule has 1 aromatic carbocycles. The fourth-order valence-corrected chi connectivity index (χ4v) is 1.57. The zero-order chi connectivity index (χ0) is 12.1. The van der Waals surface area contributed by atoms with Crippen LogP contribution in [0.2, 0.25) is 0 Å². The molecule has 0 aliphatic carbocycles. The smallest absolute Gasteiger partial charge is 0.325 e. The van der Waals surface area contributed by atoms with Gasteiger partial charge in [0.05, 0.1) is 6.61 Å². The summed E-state index contributed by atoms with van der Waals surface area (Å²) < 4.78 is 5.30. The second kappa shape index (κ2) is 5.51.